The molecule has 1 aromatic heterocycles. The van der Waals surface area contributed by atoms with Crippen molar-refractivity contribution in [2.75, 3.05) is 33.4 Å². The molecule has 1 heterocycles. The second kappa shape index (κ2) is 7.94. The Balaban J connectivity index is 2.82. The van der Waals surface area contributed by atoms with Gasteiger partial charge in [-0.3, -0.25) is 4.90 Å². The molecular weight excluding hydrogens is 296 g/mol. The third kappa shape index (κ3) is 4.39. The lowest BCUT2D eigenvalue weighted by atomic mass is 10.1. The zero-order chi connectivity index (χ0) is 13.5. The molecule has 0 aliphatic rings. The molecule has 1 unspecified atom stereocenters. The smallest absolute Gasteiger partial charge is 0.136 e. The molecule has 1 aromatic rings. The number of methoxy groups -OCH3 is 1. The molecule has 0 amide bonds. The molecule has 1 rings (SSSR count). The van der Waals surface area contributed by atoms with E-state index in [1.807, 2.05) is 6.07 Å². The first-order valence-corrected chi connectivity index (χ1v) is 7.05. The highest BCUT2D eigenvalue weighted by Crippen LogP contribution is 2.28. The summed E-state index contributed by atoms with van der Waals surface area (Å²) in [6, 6.07) is 1.99. The van der Waals surface area contributed by atoms with Crippen molar-refractivity contribution in [1.29, 1.82) is 0 Å². The van der Waals surface area contributed by atoms with E-state index >= 15 is 0 Å². The molecular formula is C13H23BrN2O2. The quantitative estimate of drug-likeness (QED) is 0.800. The van der Waals surface area contributed by atoms with Crippen molar-refractivity contribution in [3.63, 3.8) is 0 Å². The summed E-state index contributed by atoms with van der Waals surface area (Å²) in [5.74, 6) is 1.47. The zero-order valence-electron chi connectivity index (χ0n) is 11.4. The maximum atomic E-state index is 5.92. The third-order valence-corrected chi connectivity index (χ3v) is 3.45. The van der Waals surface area contributed by atoms with Crippen LogP contribution in [-0.2, 0) is 4.74 Å². The number of nitrogens with zero attached hydrogens (tertiary/aromatic N) is 1. The summed E-state index contributed by atoms with van der Waals surface area (Å²) in [4.78, 5) is 2.32. The van der Waals surface area contributed by atoms with Crippen LogP contribution in [0, 0.1) is 5.92 Å². The Morgan fingerprint density at radius 2 is 2.22 bits per heavy atom. The Morgan fingerprint density at radius 1 is 1.50 bits per heavy atom. The fraction of sp³-hybridized carbons (Fsp3) is 0.692. The minimum Gasteiger partial charge on any atom is -0.466 e. The van der Waals surface area contributed by atoms with Gasteiger partial charge in [0.05, 0.1) is 23.4 Å². The second-order valence-corrected chi connectivity index (χ2v) is 5.62. The Kier molecular flexibility index (Phi) is 6.92. The fourth-order valence-electron chi connectivity index (χ4n) is 2.02. The van der Waals surface area contributed by atoms with Gasteiger partial charge in [-0.25, -0.2) is 0 Å². The topological polar surface area (TPSA) is 51.6 Å². The summed E-state index contributed by atoms with van der Waals surface area (Å²) in [6.07, 6.45) is 1.69. The summed E-state index contributed by atoms with van der Waals surface area (Å²) >= 11 is 3.50. The van der Waals surface area contributed by atoms with Crippen LogP contribution in [0.2, 0.25) is 0 Å². The molecule has 104 valence electrons. The van der Waals surface area contributed by atoms with Crippen molar-refractivity contribution in [2.45, 2.75) is 19.9 Å². The third-order valence-electron chi connectivity index (χ3n) is 2.79. The monoisotopic (exact) mass is 318 g/mol. The number of nitrogens with two attached hydrogens (primary N) is 1. The molecule has 0 saturated heterocycles. The SMILES string of the molecule is COCCN(CC(C)C)C(CN)c1occc1Br. The van der Waals surface area contributed by atoms with Gasteiger partial charge in [-0.15, -0.1) is 0 Å². The van der Waals surface area contributed by atoms with Crippen molar-refractivity contribution < 1.29 is 9.15 Å². The molecule has 0 spiro atoms. The van der Waals surface area contributed by atoms with Crippen molar-refractivity contribution in [3.05, 3.63) is 22.6 Å². The van der Waals surface area contributed by atoms with Crippen molar-refractivity contribution in [3.8, 4) is 0 Å². The Hall–Kier alpha value is -0.360. The normalized spacial score (nSPS) is 13.5. The van der Waals surface area contributed by atoms with E-state index in [0.29, 0.717) is 19.1 Å². The molecule has 0 aliphatic heterocycles. The van der Waals surface area contributed by atoms with Crippen LogP contribution in [0.15, 0.2) is 21.2 Å². The van der Waals surface area contributed by atoms with Gasteiger partial charge < -0.3 is 14.9 Å². The molecule has 0 bridgehead atoms. The molecule has 5 heteroatoms. The Labute approximate surface area is 118 Å². The Bertz CT molecular complexity index is 341. The van der Waals surface area contributed by atoms with Crippen LogP contribution in [0.1, 0.15) is 25.6 Å². The number of hydrogen-bond acceptors (Lipinski definition) is 4. The molecule has 1 atom stereocenters. The molecule has 0 aliphatic carbocycles. The summed E-state index contributed by atoms with van der Waals surface area (Å²) < 4.78 is 11.7. The van der Waals surface area contributed by atoms with Gasteiger partial charge in [-0.05, 0) is 27.9 Å². The standard InChI is InChI=1S/C13H23BrN2O2/c1-10(2)9-16(5-7-17-3)12(8-15)13-11(14)4-6-18-13/h4,6,10,12H,5,7-9,15H2,1-3H3. The van der Waals surface area contributed by atoms with Crippen LogP contribution in [0.4, 0.5) is 0 Å². The Morgan fingerprint density at radius 3 is 2.67 bits per heavy atom. The van der Waals surface area contributed by atoms with Crippen LogP contribution < -0.4 is 5.73 Å². The van der Waals surface area contributed by atoms with Gasteiger partial charge >= 0.3 is 0 Å². The molecule has 0 fully saturated rings. The van der Waals surface area contributed by atoms with E-state index in [4.69, 9.17) is 14.9 Å². The summed E-state index contributed by atoms with van der Waals surface area (Å²) in [6.45, 7) is 7.45. The largest absolute Gasteiger partial charge is 0.466 e. The van der Waals surface area contributed by atoms with E-state index in [0.717, 1.165) is 23.3 Å². The first kappa shape index (κ1) is 15.7. The maximum Gasteiger partial charge on any atom is 0.136 e. The molecule has 0 radical (unpaired) electrons. The van der Waals surface area contributed by atoms with E-state index in [1.165, 1.54) is 0 Å². The minimum absolute atomic E-state index is 0.0897. The van der Waals surface area contributed by atoms with Crippen LogP contribution in [-0.4, -0.2) is 38.3 Å². The zero-order valence-corrected chi connectivity index (χ0v) is 12.9. The van der Waals surface area contributed by atoms with Gasteiger partial charge in [0.2, 0.25) is 0 Å². The van der Waals surface area contributed by atoms with Crippen LogP contribution in [0.3, 0.4) is 0 Å². The predicted octanol–water partition coefficient (Wildman–Crippen LogP) is 2.65. The van der Waals surface area contributed by atoms with Crippen molar-refractivity contribution in [1.82, 2.24) is 4.90 Å². The summed E-state index contributed by atoms with van der Waals surface area (Å²) in [5.41, 5.74) is 5.92. The molecule has 18 heavy (non-hydrogen) atoms. The average Bonchev–Trinajstić information content (AvgIpc) is 2.73. The molecule has 4 nitrogen and oxygen atoms in total. The number of furan rings is 1. The van der Waals surface area contributed by atoms with Crippen LogP contribution >= 0.6 is 15.9 Å². The number of halogens is 1. The lowest BCUT2D eigenvalue weighted by molar-refractivity contribution is 0.103. The van der Waals surface area contributed by atoms with E-state index < -0.39 is 0 Å². The van der Waals surface area contributed by atoms with Crippen molar-refractivity contribution in [2.24, 2.45) is 11.7 Å². The van der Waals surface area contributed by atoms with Gasteiger partial charge in [0.25, 0.3) is 0 Å². The van der Waals surface area contributed by atoms with Gasteiger partial charge in [0, 0.05) is 26.7 Å². The molecule has 2 N–H and O–H groups in total. The van der Waals surface area contributed by atoms with Crippen LogP contribution in [0.25, 0.3) is 0 Å². The van der Waals surface area contributed by atoms with E-state index in [2.05, 4.69) is 34.7 Å². The summed E-state index contributed by atoms with van der Waals surface area (Å²) in [7, 11) is 1.72. The summed E-state index contributed by atoms with van der Waals surface area (Å²) in [5, 5.41) is 0. The van der Waals surface area contributed by atoms with Gasteiger partial charge in [-0.2, -0.15) is 0 Å². The highest BCUT2D eigenvalue weighted by Gasteiger charge is 2.24. The lowest BCUT2D eigenvalue weighted by Gasteiger charge is -2.31. The highest BCUT2D eigenvalue weighted by molar-refractivity contribution is 9.10. The van der Waals surface area contributed by atoms with Gasteiger partial charge in [0.15, 0.2) is 0 Å². The second-order valence-electron chi connectivity index (χ2n) is 4.77. The molecule has 0 aromatic carbocycles. The van der Waals surface area contributed by atoms with E-state index in [1.54, 1.807) is 13.4 Å². The highest BCUT2D eigenvalue weighted by atomic mass is 79.9. The minimum atomic E-state index is 0.0897. The van der Waals surface area contributed by atoms with E-state index in [-0.39, 0.29) is 6.04 Å². The molecule has 0 saturated carbocycles. The predicted molar refractivity (Wildman–Crippen MR) is 76.5 cm³/mol. The first-order chi connectivity index (χ1) is 8.60. The number of hydrogen-bond donors (Lipinski definition) is 1. The number of ether oxygens (including phenoxy) is 1. The first-order valence-electron chi connectivity index (χ1n) is 6.26. The van der Waals surface area contributed by atoms with Gasteiger partial charge in [-0.1, -0.05) is 13.8 Å². The van der Waals surface area contributed by atoms with Gasteiger partial charge in [0.1, 0.15) is 5.76 Å². The lowest BCUT2D eigenvalue weighted by Crippen LogP contribution is -2.38. The maximum absolute atomic E-state index is 5.92. The number of rotatable bonds is 8. The fourth-order valence-corrected chi connectivity index (χ4v) is 2.48. The van der Waals surface area contributed by atoms with Crippen LogP contribution in [0.5, 0.6) is 0 Å². The van der Waals surface area contributed by atoms with E-state index in [9.17, 15) is 0 Å². The average molecular weight is 319 g/mol. The van der Waals surface area contributed by atoms with Crippen molar-refractivity contribution >= 4 is 15.9 Å².